The number of rotatable bonds is 2. The summed E-state index contributed by atoms with van der Waals surface area (Å²) in [7, 11) is 0. The molecular formula is C16H26F2N2O. The monoisotopic (exact) mass is 300 g/mol. The molecule has 1 aliphatic carbocycles. The van der Waals surface area contributed by atoms with Crippen LogP contribution in [0.15, 0.2) is 12.1 Å². The summed E-state index contributed by atoms with van der Waals surface area (Å²) in [6.45, 7) is 11.7. The Kier molecular flexibility index (Phi) is 8.07. The van der Waals surface area contributed by atoms with Crippen molar-refractivity contribution in [2.45, 2.75) is 66.3 Å². The lowest BCUT2D eigenvalue weighted by atomic mass is 9.88. The number of carbonyl (C=O) groups is 1. The van der Waals surface area contributed by atoms with Gasteiger partial charge in [0.2, 0.25) is 0 Å². The Morgan fingerprint density at radius 3 is 2.14 bits per heavy atom. The van der Waals surface area contributed by atoms with Crippen molar-refractivity contribution in [1.29, 1.82) is 0 Å². The average molecular weight is 300 g/mol. The molecule has 0 aliphatic heterocycles. The minimum absolute atomic E-state index is 0.274. The molecule has 1 aromatic heterocycles. The van der Waals surface area contributed by atoms with E-state index < -0.39 is 12.0 Å². The van der Waals surface area contributed by atoms with Crippen LogP contribution in [0.2, 0.25) is 0 Å². The lowest BCUT2D eigenvalue weighted by Gasteiger charge is -2.35. The maximum Gasteiger partial charge on any atom is 0.270 e. The predicted molar refractivity (Wildman–Crippen MR) is 81.8 cm³/mol. The molecule has 1 fully saturated rings. The molecule has 2 rings (SSSR count). The fourth-order valence-electron chi connectivity index (χ4n) is 1.78. The van der Waals surface area contributed by atoms with Crippen molar-refractivity contribution >= 4 is 5.91 Å². The molecule has 1 saturated carbocycles. The molecule has 0 radical (unpaired) electrons. The number of amides is 1. The van der Waals surface area contributed by atoms with Crippen molar-refractivity contribution in [3.05, 3.63) is 29.1 Å². The zero-order valence-electron chi connectivity index (χ0n) is 13.8. The van der Waals surface area contributed by atoms with E-state index in [0.717, 1.165) is 11.3 Å². The summed E-state index contributed by atoms with van der Waals surface area (Å²) in [5.41, 5.74) is 2.05. The van der Waals surface area contributed by atoms with E-state index in [-0.39, 0.29) is 24.4 Å². The maximum atomic E-state index is 12.6. The summed E-state index contributed by atoms with van der Waals surface area (Å²) in [6, 6.07) is 2.97. The second-order valence-corrected chi connectivity index (χ2v) is 4.53. The lowest BCUT2D eigenvalue weighted by Crippen LogP contribution is -2.50. The third-order valence-electron chi connectivity index (χ3n) is 3.01. The topological polar surface area (TPSA) is 42.0 Å². The first-order valence-electron chi connectivity index (χ1n) is 7.50. The summed E-state index contributed by atoms with van der Waals surface area (Å²) in [4.78, 5) is 15.8. The number of aromatic nitrogens is 1. The number of nitrogens with one attached hydrogen (secondary N) is 1. The highest BCUT2D eigenvalue weighted by atomic mass is 19.3. The molecule has 0 atom stereocenters. The average Bonchev–Trinajstić information content (AvgIpc) is 2.44. The number of pyridine rings is 1. The van der Waals surface area contributed by atoms with Crippen LogP contribution < -0.4 is 5.32 Å². The van der Waals surface area contributed by atoms with Crippen LogP contribution in [0.25, 0.3) is 0 Å². The van der Waals surface area contributed by atoms with Gasteiger partial charge in [0.25, 0.3) is 11.8 Å². The van der Waals surface area contributed by atoms with E-state index in [2.05, 4.69) is 10.3 Å². The zero-order valence-corrected chi connectivity index (χ0v) is 13.8. The van der Waals surface area contributed by atoms with Gasteiger partial charge in [0.15, 0.2) is 0 Å². The lowest BCUT2D eigenvalue weighted by molar-refractivity contribution is -0.0901. The van der Waals surface area contributed by atoms with E-state index in [0.29, 0.717) is 0 Å². The standard InChI is InChI=1S/C12H14F2N2O.2C2H6/c1-7-3-4-10(15-8(7)2)11(17)16-9-5-12(13,14)6-9;2*1-2/h3-4,9H,5-6H2,1-2H3,(H,16,17);2*1-2H3. The maximum absolute atomic E-state index is 12.6. The minimum atomic E-state index is -2.62. The highest BCUT2D eigenvalue weighted by Gasteiger charge is 2.46. The van der Waals surface area contributed by atoms with Crippen molar-refractivity contribution < 1.29 is 13.6 Å². The summed E-state index contributed by atoms with van der Waals surface area (Å²) < 4.78 is 25.2. The Morgan fingerprint density at radius 1 is 1.19 bits per heavy atom. The van der Waals surface area contributed by atoms with Gasteiger partial charge in [0, 0.05) is 24.6 Å². The number of hydrogen-bond donors (Lipinski definition) is 1. The molecule has 1 N–H and O–H groups in total. The van der Waals surface area contributed by atoms with Gasteiger partial charge in [-0.1, -0.05) is 33.8 Å². The Hall–Kier alpha value is -1.52. The van der Waals surface area contributed by atoms with Crippen LogP contribution in [-0.4, -0.2) is 22.9 Å². The molecule has 0 saturated heterocycles. The number of carbonyl (C=O) groups excluding carboxylic acids is 1. The van der Waals surface area contributed by atoms with Crippen molar-refractivity contribution in [2.24, 2.45) is 0 Å². The summed E-state index contributed by atoms with van der Waals surface area (Å²) in [6.07, 6.45) is -0.548. The molecule has 0 spiro atoms. The highest BCUT2D eigenvalue weighted by molar-refractivity contribution is 5.92. The Morgan fingerprint density at radius 2 is 1.71 bits per heavy atom. The van der Waals surface area contributed by atoms with Crippen molar-refractivity contribution in [2.75, 3.05) is 0 Å². The largest absolute Gasteiger partial charge is 0.348 e. The molecule has 5 heteroatoms. The van der Waals surface area contributed by atoms with Gasteiger partial charge in [-0.2, -0.15) is 0 Å². The molecule has 1 aromatic rings. The van der Waals surface area contributed by atoms with Gasteiger partial charge < -0.3 is 5.32 Å². The molecular weight excluding hydrogens is 274 g/mol. The SMILES string of the molecule is CC.CC.Cc1ccc(C(=O)NC2CC(F)(F)C2)nc1C. The van der Waals surface area contributed by atoms with E-state index in [1.165, 1.54) is 0 Å². The fraction of sp³-hybridized carbons (Fsp3) is 0.625. The Labute approximate surface area is 126 Å². The van der Waals surface area contributed by atoms with Crippen LogP contribution in [0.3, 0.4) is 0 Å². The normalized spacial score (nSPS) is 15.6. The molecule has 0 unspecified atom stereocenters. The summed E-state index contributed by atoms with van der Waals surface area (Å²) in [5, 5.41) is 2.55. The first-order valence-corrected chi connectivity index (χ1v) is 7.50. The van der Waals surface area contributed by atoms with E-state index in [1.807, 2.05) is 41.5 Å². The van der Waals surface area contributed by atoms with Gasteiger partial charge in [0.1, 0.15) is 5.69 Å². The number of alkyl halides is 2. The van der Waals surface area contributed by atoms with Crippen LogP contribution >= 0.6 is 0 Å². The highest BCUT2D eigenvalue weighted by Crippen LogP contribution is 2.37. The zero-order chi connectivity index (χ0) is 16.6. The van der Waals surface area contributed by atoms with Crippen molar-refractivity contribution in [3.8, 4) is 0 Å². The number of hydrogen-bond acceptors (Lipinski definition) is 2. The molecule has 0 bridgehead atoms. The van der Waals surface area contributed by atoms with Gasteiger partial charge in [-0.3, -0.25) is 4.79 Å². The first-order chi connectivity index (χ1) is 9.87. The van der Waals surface area contributed by atoms with Crippen LogP contribution in [-0.2, 0) is 0 Å². The smallest absolute Gasteiger partial charge is 0.270 e. The van der Waals surface area contributed by atoms with Gasteiger partial charge in [-0.25, -0.2) is 13.8 Å². The van der Waals surface area contributed by atoms with Gasteiger partial charge in [0.05, 0.1) is 0 Å². The van der Waals surface area contributed by atoms with Gasteiger partial charge in [-0.05, 0) is 25.5 Å². The molecule has 1 heterocycles. The first kappa shape index (κ1) is 19.5. The molecule has 1 amide bonds. The predicted octanol–water partition coefficient (Wildman–Crippen LogP) is 4.28. The number of halogens is 2. The van der Waals surface area contributed by atoms with Gasteiger partial charge in [-0.15, -0.1) is 0 Å². The molecule has 120 valence electrons. The third kappa shape index (κ3) is 5.78. The van der Waals surface area contributed by atoms with Crippen LogP contribution in [0.1, 0.15) is 62.3 Å². The third-order valence-corrected chi connectivity index (χ3v) is 3.01. The molecule has 3 nitrogen and oxygen atoms in total. The van der Waals surface area contributed by atoms with Crippen LogP contribution in [0, 0.1) is 13.8 Å². The van der Waals surface area contributed by atoms with Crippen molar-refractivity contribution in [3.63, 3.8) is 0 Å². The van der Waals surface area contributed by atoms with E-state index in [4.69, 9.17) is 0 Å². The van der Waals surface area contributed by atoms with Crippen LogP contribution in [0.4, 0.5) is 8.78 Å². The van der Waals surface area contributed by atoms with E-state index in [1.54, 1.807) is 12.1 Å². The second-order valence-electron chi connectivity index (χ2n) is 4.53. The second kappa shape index (κ2) is 8.70. The van der Waals surface area contributed by atoms with E-state index in [9.17, 15) is 13.6 Å². The quantitative estimate of drug-likeness (QED) is 0.886. The Balaban J connectivity index is 0.000000921. The van der Waals surface area contributed by atoms with E-state index >= 15 is 0 Å². The molecule has 21 heavy (non-hydrogen) atoms. The van der Waals surface area contributed by atoms with Crippen LogP contribution in [0.5, 0.6) is 0 Å². The summed E-state index contributed by atoms with van der Waals surface area (Å²) >= 11 is 0. The van der Waals surface area contributed by atoms with Crippen molar-refractivity contribution in [1.82, 2.24) is 10.3 Å². The molecule has 1 aliphatic rings. The summed E-state index contributed by atoms with van der Waals surface area (Å²) in [5.74, 6) is -3.00. The number of aryl methyl sites for hydroxylation is 2. The Bertz CT molecular complexity index is 454. The van der Waals surface area contributed by atoms with Gasteiger partial charge >= 0.3 is 0 Å². The fourth-order valence-corrected chi connectivity index (χ4v) is 1.78. The number of nitrogens with zero attached hydrogens (tertiary/aromatic N) is 1. The minimum Gasteiger partial charge on any atom is -0.348 e. The molecule has 0 aromatic carbocycles.